The first kappa shape index (κ1) is 36.1. The molecule has 0 saturated carbocycles. The standard InChI is InChI=1S/C30H39N7O.4ClH/c1-34-29(38)21-27(24-9-13-31-14-10-24)33-30(34)37-20-15-32-28(22-37)23-5-7-25(8-6-23)36-18-11-26(12-19-36)35-16-3-2-4-17-35;;;;/h5-10,13-14,21,26,28,32H,2-4,11-12,15-20,22H2,1H3;4*1H/t28-;;;;/m1..../s1. The van der Waals surface area contributed by atoms with Crippen LogP contribution in [0.3, 0.4) is 0 Å². The Balaban J connectivity index is 0.00000154. The average molecular weight is 660 g/mol. The molecule has 0 bridgehead atoms. The molecule has 3 fully saturated rings. The summed E-state index contributed by atoms with van der Waals surface area (Å²) in [7, 11) is 1.81. The summed E-state index contributed by atoms with van der Waals surface area (Å²) < 4.78 is 1.66. The highest BCUT2D eigenvalue weighted by molar-refractivity contribution is 5.86. The lowest BCUT2D eigenvalue weighted by Crippen LogP contribution is -2.48. The van der Waals surface area contributed by atoms with Crippen LogP contribution < -0.4 is 20.7 Å². The third-order valence-electron chi connectivity index (χ3n) is 8.58. The van der Waals surface area contributed by atoms with E-state index in [-0.39, 0.29) is 61.2 Å². The van der Waals surface area contributed by atoms with Gasteiger partial charge in [0, 0.05) is 81.6 Å². The Labute approximate surface area is 273 Å². The minimum atomic E-state index is -0.0506. The fourth-order valence-electron chi connectivity index (χ4n) is 6.33. The summed E-state index contributed by atoms with van der Waals surface area (Å²) in [5, 5.41) is 3.67. The molecule has 1 N–H and O–H groups in total. The molecule has 8 nitrogen and oxygen atoms in total. The van der Waals surface area contributed by atoms with Crippen LogP contribution in [-0.2, 0) is 7.05 Å². The molecular weight excluding hydrogens is 616 g/mol. The van der Waals surface area contributed by atoms with E-state index in [1.54, 1.807) is 30.1 Å². The lowest BCUT2D eigenvalue weighted by atomic mass is 9.99. The monoisotopic (exact) mass is 657 g/mol. The van der Waals surface area contributed by atoms with E-state index >= 15 is 0 Å². The van der Waals surface area contributed by atoms with Gasteiger partial charge in [-0.2, -0.15) is 0 Å². The summed E-state index contributed by atoms with van der Waals surface area (Å²) in [6.07, 6.45) is 10.1. The van der Waals surface area contributed by atoms with E-state index in [1.165, 1.54) is 56.4 Å². The van der Waals surface area contributed by atoms with E-state index in [2.05, 4.69) is 49.3 Å². The molecule has 0 unspecified atom stereocenters. The second kappa shape index (κ2) is 16.7. The average Bonchev–Trinajstić information content (AvgIpc) is 2.99. The Morgan fingerprint density at radius 3 is 2.14 bits per heavy atom. The molecule has 232 valence electrons. The largest absolute Gasteiger partial charge is 0.371 e. The molecule has 1 atom stereocenters. The van der Waals surface area contributed by atoms with Crippen molar-refractivity contribution in [1.82, 2.24) is 24.8 Å². The highest BCUT2D eigenvalue weighted by atomic mass is 35.5. The number of piperidine rings is 2. The van der Waals surface area contributed by atoms with Gasteiger partial charge in [0.15, 0.2) is 0 Å². The first-order chi connectivity index (χ1) is 18.7. The van der Waals surface area contributed by atoms with Gasteiger partial charge >= 0.3 is 0 Å². The predicted molar refractivity (Wildman–Crippen MR) is 182 cm³/mol. The maximum absolute atomic E-state index is 12.8. The second-order valence-electron chi connectivity index (χ2n) is 10.9. The van der Waals surface area contributed by atoms with Crippen molar-refractivity contribution in [3.8, 4) is 11.3 Å². The quantitative estimate of drug-likeness (QED) is 0.408. The highest BCUT2D eigenvalue weighted by Crippen LogP contribution is 2.28. The van der Waals surface area contributed by atoms with Crippen molar-refractivity contribution in [2.75, 3.05) is 55.6 Å². The van der Waals surface area contributed by atoms with Gasteiger partial charge in [0.05, 0.1) is 5.69 Å². The Kier molecular flexibility index (Phi) is 14.4. The zero-order chi connectivity index (χ0) is 25.9. The van der Waals surface area contributed by atoms with Crippen LogP contribution in [0.15, 0.2) is 59.7 Å². The molecule has 0 radical (unpaired) electrons. The molecule has 3 aromatic rings. The molecule has 0 aliphatic carbocycles. The maximum atomic E-state index is 12.8. The van der Waals surface area contributed by atoms with Crippen molar-refractivity contribution in [3.63, 3.8) is 0 Å². The Morgan fingerprint density at radius 1 is 0.810 bits per heavy atom. The van der Waals surface area contributed by atoms with Crippen molar-refractivity contribution in [1.29, 1.82) is 0 Å². The third kappa shape index (κ3) is 8.10. The number of rotatable bonds is 5. The van der Waals surface area contributed by atoms with E-state index in [9.17, 15) is 4.79 Å². The molecule has 2 aromatic heterocycles. The van der Waals surface area contributed by atoms with Crippen molar-refractivity contribution < 1.29 is 0 Å². The number of aromatic nitrogens is 3. The molecule has 3 aliphatic rings. The summed E-state index contributed by atoms with van der Waals surface area (Å²) in [5.74, 6) is 0.712. The number of nitrogens with zero attached hydrogens (tertiary/aromatic N) is 6. The first-order valence-electron chi connectivity index (χ1n) is 14.2. The third-order valence-corrected chi connectivity index (χ3v) is 8.58. The van der Waals surface area contributed by atoms with Gasteiger partial charge in [-0.05, 0) is 68.6 Å². The molecule has 0 spiro atoms. The van der Waals surface area contributed by atoms with Crippen LogP contribution in [0.5, 0.6) is 0 Å². The molecule has 3 aliphatic heterocycles. The molecule has 0 amide bonds. The van der Waals surface area contributed by atoms with Crippen LogP contribution in [-0.4, -0.2) is 71.3 Å². The molecule has 3 saturated heterocycles. The Bertz CT molecular complexity index is 1280. The molecule has 42 heavy (non-hydrogen) atoms. The Hall–Kier alpha value is -2.07. The van der Waals surface area contributed by atoms with E-state index in [1.807, 2.05) is 12.1 Å². The SMILES string of the molecule is Cl.Cl.Cl.Cl.Cn1c(N2CCN[C@@H](c3ccc(N4CCC(N5CCCCC5)CC4)cc3)C2)nc(-c2ccncc2)cc1=O. The van der Waals surface area contributed by atoms with Crippen LogP contribution in [0.25, 0.3) is 11.3 Å². The highest BCUT2D eigenvalue weighted by Gasteiger charge is 2.27. The molecule has 12 heteroatoms. The fourth-order valence-corrected chi connectivity index (χ4v) is 6.33. The van der Waals surface area contributed by atoms with E-state index in [0.29, 0.717) is 11.6 Å². The van der Waals surface area contributed by atoms with Crippen LogP contribution in [0.1, 0.15) is 43.7 Å². The smallest absolute Gasteiger partial charge is 0.255 e. The van der Waals surface area contributed by atoms with Crippen molar-refractivity contribution in [3.05, 3.63) is 70.8 Å². The van der Waals surface area contributed by atoms with Gasteiger partial charge in [0.25, 0.3) is 5.56 Å². The van der Waals surface area contributed by atoms with E-state index < -0.39 is 0 Å². The summed E-state index contributed by atoms with van der Waals surface area (Å²) in [6, 6.07) is 15.5. The van der Waals surface area contributed by atoms with Crippen molar-refractivity contribution >= 4 is 61.3 Å². The molecule has 6 rings (SSSR count). The normalized spacial score (nSPS) is 19.5. The topological polar surface area (TPSA) is 69.5 Å². The predicted octanol–water partition coefficient (Wildman–Crippen LogP) is 5.14. The van der Waals surface area contributed by atoms with Crippen LogP contribution in [0, 0.1) is 0 Å². The fraction of sp³-hybridized carbons (Fsp3) is 0.500. The van der Waals surface area contributed by atoms with Gasteiger partial charge in [-0.1, -0.05) is 18.6 Å². The van der Waals surface area contributed by atoms with Crippen LogP contribution in [0.2, 0.25) is 0 Å². The molecule has 1 aromatic carbocycles. The summed E-state index contributed by atoms with van der Waals surface area (Å²) in [4.78, 5) is 29.3. The summed E-state index contributed by atoms with van der Waals surface area (Å²) >= 11 is 0. The summed E-state index contributed by atoms with van der Waals surface area (Å²) in [6.45, 7) is 7.28. The van der Waals surface area contributed by atoms with Crippen LogP contribution >= 0.6 is 49.6 Å². The number of anilines is 2. The lowest BCUT2D eigenvalue weighted by Gasteiger charge is -2.41. The van der Waals surface area contributed by atoms with Gasteiger partial charge in [0.2, 0.25) is 5.95 Å². The van der Waals surface area contributed by atoms with Crippen LogP contribution in [0.4, 0.5) is 11.6 Å². The number of nitrogens with one attached hydrogen (secondary N) is 1. The second-order valence-corrected chi connectivity index (χ2v) is 10.9. The maximum Gasteiger partial charge on any atom is 0.255 e. The van der Waals surface area contributed by atoms with E-state index in [0.717, 1.165) is 44.3 Å². The zero-order valence-electron chi connectivity index (χ0n) is 24.1. The number of halogens is 4. The molecular formula is C30H43Cl4N7O. The van der Waals surface area contributed by atoms with Crippen molar-refractivity contribution in [2.45, 2.75) is 44.2 Å². The number of hydrogen-bond donors (Lipinski definition) is 1. The number of benzene rings is 1. The minimum absolute atomic E-state index is 0. The van der Waals surface area contributed by atoms with Gasteiger partial charge in [-0.15, -0.1) is 49.6 Å². The minimum Gasteiger partial charge on any atom is -0.371 e. The summed E-state index contributed by atoms with van der Waals surface area (Å²) in [5.41, 5.74) is 4.14. The lowest BCUT2D eigenvalue weighted by molar-refractivity contribution is 0.141. The Morgan fingerprint density at radius 2 is 1.48 bits per heavy atom. The first-order valence-corrected chi connectivity index (χ1v) is 14.2. The van der Waals surface area contributed by atoms with Gasteiger partial charge < -0.3 is 20.0 Å². The zero-order valence-corrected chi connectivity index (χ0v) is 27.3. The van der Waals surface area contributed by atoms with Gasteiger partial charge in [0.1, 0.15) is 0 Å². The van der Waals surface area contributed by atoms with E-state index in [4.69, 9.17) is 4.98 Å². The molecule has 5 heterocycles. The number of piperazine rings is 1. The van der Waals surface area contributed by atoms with Crippen molar-refractivity contribution in [2.24, 2.45) is 7.05 Å². The number of pyridine rings is 1. The number of likely N-dealkylation sites (tertiary alicyclic amines) is 1. The van der Waals surface area contributed by atoms with Gasteiger partial charge in [-0.3, -0.25) is 14.3 Å². The number of hydrogen-bond acceptors (Lipinski definition) is 7. The van der Waals surface area contributed by atoms with Gasteiger partial charge in [-0.25, -0.2) is 4.98 Å².